The second-order valence-electron chi connectivity index (χ2n) is 6.14. The molecular weight excluding hydrogens is 382 g/mol. The summed E-state index contributed by atoms with van der Waals surface area (Å²) in [5.74, 6) is 0. The van der Waals surface area contributed by atoms with Gasteiger partial charge in [0.25, 0.3) is 0 Å². The molecule has 3 heterocycles. The summed E-state index contributed by atoms with van der Waals surface area (Å²) in [6, 6.07) is 10.6. The molecule has 1 aliphatic heterocycles. The standard InChI is InChI=1S/C19H16ClN5OS/c1-10-16(17(25-19(26)23-10)12-6-7-22-15(20)8-12)18-24-14(9-27-18)11-2-4-13(21)5-3-11/h2-9,17H,21H2,1H3,(H2,23,25,26). The zero-order chi connectivity index (χ0) is 19.0. The molecule has 0 radical (unpaired) electrons. The van der Waals surface area contributed by atoms with Gasteiger partial charge in [-0.05, 0) is 36.8 Å². The number of nitrogen functional groups attached to an aromatic ring is 1. The van der Waals surface area contributed by atoms with Gasteiger partial charge in [0.1, 0.15) is 10.2 Å². The average Bonchev–Trinajstić information content (AvgIpc) is 3.11. The second-order valence-corrected chi connectivity index (χ2v) is 7.39. The van der Waals surface area contributed by atoms with Gasteiger partial charge < -0.3 is 16.4 Å². The largest absolute Gasteiger partial charge is 0.399 e. The maximum atomic E-state index is 12.0. The zero-order valence-electron chi connectivity index (χ0n) is 14.4. The molecule has 0 aliphatic carbocycles. The fraction of sp³-hybridized carbons (Fsp3) is 0.105. The second kappa shape index (κ2) is 7.02. The maximum absolute atomic E-state index is 12.0. The van der Waals surface area contributed by atoms with Gasteiger partial charge in [0.05, 0.1) is 11.7 Å². The lowest BCUT2D eigenvalue weighted by atomic mass is 9.97. The number of thiazole rings is 1. The van der Waals surface area contributed by atoms with E-state index in [9.17, 15) is 4.79 Å². The Morgan fingerprint density at radius 1 is 1.22 bits per heavy atom. The van der Waals surface area contributed by atoms with Crippen molar-refractivity contribution in [3.05, 3.63) is 69.4 Å². The van der Waals surface area contributed by atoms with E-state index in [0.717, 1.165) is 33.1 Å². The number of urea groups is 1. The van der Waals surface area contributed by atoms with Crippen LogP contribution in [0, 0.1) is 0 Å². The van der Waals surface area contributed by atoms with Crippen molar-refractivity contribution in [2.45, 2.75) is 13.0 Å². The molecule has 0 bridgehead atoms. The number of hydrogen-bond donors (Lipinski definition) is 3. The van der Waals surface area contributed by atoms with Crippen molar-refractivity contribution in [3.63, 3.8) is 0 Å². The molecule has 6 nitrogen and oxygen atoms in total. The van der Waals surface area contributed by atoms with Crippen LogP contribution in [-0.4, -0.2) is 16.0 Å². The number of nitrogens with zero attached hydrogens (tertiary/aromatic N) is 2. The Labute approximate surface area is 165 Å². The first kappa shape index (κ1) is 17.5. The smallest absolute Gasteiger partial charge is 0.319 e. The molecule has 3 aromatic rings. The van der Waals surface area contributed by atoms with Crippen molar-refractivity contribution in [2.24, 2.45) is 0 Å². The molecule has 1 unspecified atom stereocenters. The number of nitrogens with one attached hydrogen (secondary N) is 2. The molecule has 0 fully saturated rings. The molecule has 1 atom stereocenters. The summed E-state index contributed by atoms with van der Waals surface area (Å²) in [6.45, 7) is 1.87. The lowest BCUT2D eigenvalue weighted by molar-refractivity contribution is 0.240. The molecular formula is C19H16ClN5OS. The van der Waals surface area contributed by atoms with E-state index in [1.54, 1.807) is 12.3 Å². The van der Waals surface area contributed by atoms with Gasteiger partial charge in [-0.1, -0.05) is 23.7 Å². The minimum atomic E-state index is -0.357. The Hall–Kier alpha value is -2.90. The lowest BCUT2D eigenvalue weighted by Crippen LogP contribution is -2.42. The summed E-state index contributed by atoms with van der Waals surface area (Å²) in [5, 5.41) is 8.97. The number of benzene rings is 1. The van der Waals surface area contributed by atoms with Crippen LogP contribution >= 0.6 is 22.9 Å². The molecule has 0 spiro atoms. The molecule has 136 valence electrons. The van der Waals surface area contributed by atoms with Gasteiger partial charge in [0.15, 0.2) is 0 Å². The van der Waals surface area contributed by atoms with E-state index in [1.807, 2.05) is 42.6 Å². The van der Waals surface area contributed by atoms with Crippen molar-refractivity contribution >= 4 is 40.2 Å². The molecule has 1 aromatic carbocycles. The van der Waals surface area contributed by atoms with Crippen molar-refractivity contribution in [2.75, 3.05) is 5.73 Å². The molecule has 8 heteroatoms. The number of pyridine rings is 1. The van der Waals surface area contributed by atoms with Gasteiger partial charge in [0, 0.05) is 34.1 Å². The van der Waals surface area contributed by atoms with E-state index in [-0.39, 0.29) is 12.1 Å². The van der Waals surface area contributed by atoms with Crippen molar-refractivity contribution < 1.29 is 4.79 Å². The van der Waals surface area contributed by atoms with Crippen LogP contribution in [0.25, 0.3) is 16.8 Å². The van der Waals surface area contributed by atoms with Crippen LogP contribution < -0.4 is 16.4 Å². The predicted octanol–water partition coefficient (Wildman–Crippen LogP) is 4.23. The van der Waals surface area contributed by atoms with Crippen LogP contribution in [0.5, 0.6) is 0 Å². The number of carbonyl (C=O) groups is 1. The molecule has 2 aromatic heterocycles. The van der Waals surface area contributed by atoms with Crippen LogP contribution in [0.1, 0.15) is 23.5 Å². The molecule has 4 N–H and O–H groups in total. The molecule has 0 saturated carbocycles. The van der Waals surface area contributed by atoms with Crippen molar-refractivity contribution in [1.82, 2.24) is 20.6 Å². The van der Waals surface area contributed by atoms with Gasteiger partial charge in [-0.15, -0.1) is 11.3 Å². The van der Waals surface area contributed by atoms with E-state index in [1.165, 1.54) is 11.3 Å². The Balaban J connectivity index is 1.76. The number of anilines is 1. The highest BCUT2D eigenvalue weighted by Crippen LogP contribution is 2.37. The minimum Gasteiger partial charge on any atom is -0.399 e. The molecule has 2 amide bonds. The van der Waals surface area contributed by atoms with Crippen LogP contribution in [0.3, 0.4) is 0 Å². The summed E-state index contributed by atoms with van der Waals surface area (Å²) in [5.41, 5.74) is 10.8. The van der Waals surface area contributed by atoms with Crippen molar-refractivity contribution in [1.29, 1.82) is 0 Å². The topological polar surface area (TPSA) is 92.9 Å². The fourth-order valence-corrected chi connectivity index (χ4v) is 4.15. The predicted molar refractivity (Wildman–Crippen MR) is 108 cm³/mol. The quantitative estimate of drug-likeness (QED) is 0.455. The van der Waals surface area contributed by atoms with E-state index >= 15 is 0 Å². The third kappa shape index (κ3) is 3.51. The van der Waals surface area contributed by atoms with Gasteiger partial charge in [-0.2, -0.15) is 0 Å². The summed E-state index contributed by atoms with van der Waals surface area (Å²) < 4.78 is 0. The van der Waals surface area contributed by atoms with Gasteiger partial charge in [-0.25, -0.2) is 14.8 Å². The first-order chi connectivity index (χ1) is 13.0. The monoisotopic (exact) mass is 397 g/mol. The Kier molecular flexibility index (Phi) is 4.55. The highest BCUT2D eigenvalue weighted by Gasteiger charge is 2.29. The number of carbonyl (C=O) groups excluding carboxylic acids is 1. The van der Waals surface area contributed by atoms with Crippen LogP contribution in [0.2, 0.25) is 5.15 Å². The normalized spacial score (nSPS) is 16.8. The molecule has 4 rings (SSSR count). The summed E-state index contributed by atoms with van der Waals surface area (Å²) in [6.07, 6.45) is 1.63. The van der Waals surface area contributed by atoms with E-state index in [4.69, 9.17) is 22.3 Å². The van der Waals surface area contributed by atoms with Gasteiger partial charge in [-0.3, -0.25) is 0 Å². The van der Waals surface area contributed by atoms with Crippen molar-refractivity contribution in [3.8, 4) is 11.3 Å². The van der Waals surface area contributed by atoms with Gasteiger partial charge in [0.2, 0.25) is 0 Å². The number of nitrogens with two attached hydrogens (primary N) is 1. The van der Waals surface area contributed by atoms with Crippen LogP contribution in [0.4, 0.5) is 10.5 Å². The highest BCUT2D eigenvalue weighted by atomic mass is 35.5. The number of amides is 2. The third-order valence-electron chi connectivity index (χ3n) is 4.29. The van der Waals surface area contributed by atoms with E-state index < -0.39 is 0 Å². The number of aromatic nitrogens is 2. The highest BCUT2D eigenvalue weighted by molar-refractivity contribution is 7.11. The number of rotatable bonds is 3. The first-order valence-electron chi connectivity index (χ1n) is 8.23. The summed E-state index contributed by atoms with van der Waals surface area (Å²) >= 11 is 7.57. The molecule has 27 heavy (non-hydrogen) atoms. The van der Waals surface area contributed by atoms with E-state index in [2.05, 4.69) is 15.6 Å². The van der Waals surface area contributed by atoms with E-state index in [0.29, 0.717) is 10.8 Å². The number of allylic oxidation sites excluding steroid dienone is 1. The summed E-state index contributed by atoms with van der Waals surface area (Å²) in [7, 11) is 0. The first-order valence-corrected chi connectivity index (χ1v) is 9.48. The fourth-order valence-electron chi connectivity index (χ4n) is 3.01. The molecule has 1 aliphatic rings. The van der Waals surface area contributed by atoms with Gasteiger partial charge >= 0.3 is 6.03 Å². The van der Waals surface area contributed by atoms with Crippen LogP contribution in [-0.2, 0) is 0 Å². The molecule has 0 saturated heterocycles. The third-order valence-corrected chi connectivity index (χ3v) is 5.38. The average molecular weight is 398 g/mol. The maximum Gasteiger partial charge on any atom is 0.319 e. The SMILES string of the molecule is CC1=C(c2nc(-c3ccc(N)cc3)cs2)C(c2ccnc(Cl)c2)NC(=O)N1. The Morgan fingerprint density at radius 3 is 2.74 bits per heavy atom. The Morgan fingerprint density at radius 2 is 2.00 bits per heavy atom. The Bertz CT molecular complexity index is 1040. The number of hydrogen-bond acceptors (Lipinski definition) is 5. The summed E-state index contributed by atoms with van der Waals surface area (Å²) in [4.78, 5) is 20.9. The van der Waals surface area contributed by atoms with Crippen LogP contribution in [0.15, 0.2) is 53.7 Å². The lowest BCUT2D eigenvalue weighted by Gasteiger charge is -2.28. The zero-order valence-corrected chi connectivity index (χ0v) is 15.9. The number of halogens is 1. The minimum absolute atomic E-state index is 0.260.